The zero-order valence-electron chi connectivity index (χ0n) is 8.51. The number of aromatic amines is 1. The largest absolute Gasteiger partial charge is 0.412 e. The first-order valence-electron chi connectivity index (χ1n) is 4.77. The SMILES string of the molecule is O.c1ccc(-c2c[nH]c3cncnc23)cc1. The predicted molar refractivity (Wildman–Crippen MR) is 62.9 cm³/mol. The van der Waals surface area contributed by atoms with Gasteiger partial charge in [-0.05, 0) is 5.56 Å². The van der Waals surface area contributed by atoms with E-state index in [0.717, 1.165) is 16.6 Å². The molecule has 0 spiro atoms. The molecule has 80 valence electrons. The molecular weight excluding hydrogens is 202 g/mol. The Morgan fingerprint density at radius 3 is 2.69 bits per heavy atom. The molecule has 0 unspecified atom stereocenters. The Labute approximate surface area is 92.3 Å². The van der Waals surface area contributed by atoms with Crippen molar-refractivity contribution in [1.29, 1.82) is 0 Å². The zero-order valence-corrected chi connectivity index (χ0v) is 8.51. The zero-order chi connectivity index (χ0) is 10.1. The molecule has 2 aromatic heterocycles. The molecule has 3 aromatic rings. The topological polar surface area (TPSA) is 73.1 Å². The first kappa shape index (κ1) is 10.3. The van der Waals surface area contributed by atoms with Gasteiger partial charge < -0.3 is 10.5 Å². The fraction of sp³-hybridized carbons (Fsp3) is 0. The number of hydrogen-bond acceptors (Lipinski definition) is 2. The summed E-state index contributed by atoms with van der Waals surface area (Å²) in [4.78, 5) is 11.4. The van der Waals surface area contributed by atoms with Crippen LogP contribution in [-0.4, -0.2) is 20.4 Å². The average molecular weight is 213 g/mol. The fourth-order valence-corrected chi connectivity index (χ4v) is 1.71. The van der Waals surface area contributed by atoms with Crippen molar-refractivity contribution in [2.45, 2.75) is 0 Å². The second-order valence-electron chi connectivity index (χ2n) is 3.35. The van der Waals surface area contributed by atoms with Gasteiger partial charge in [-0.25, -0.2) is 9.97 Å². The highest BCUT2D eigenvalue weighted by Crippen LogP contribution is 2.25. The second-order valence-corrected chi connectivity index (χ2v) is 3.35. The maximum atomic E-state index is 4.28. The van der Waals surface area contributed by atoms with Crippen molar-refractivity contribution in [3.8, 4) is 11.1 Å². The van der Waals surface area contributed by atoms with E-state index in [0.29, 0.717) is 0 Å². The first-order valence-corrected chi connectivity index (χ1v) is 4.77. The second kappa shape index (κ2) is 4.12. The number of hydrogen-bond donors (Lipinski definition) is 1. The molecule has 2 heterocycles. The van der Waals surface area contributed by atoms with Crippen LogP contribution in [0.15, 0.2) is 49.1 Å². The van der Waals surface area contributed by atoms with Gasteiger partial charge in [0.25, 0.3) is 0 Å². The van der Waals surface area contributed by atoms with Crippen LogP contribution in [0.3, 0.4) is 0 Å². The Kier molecular flexibility index (Phi) is 2.66. The van der Waals surface area contributed by atoms with Gasteiger partial charge in [0.2, 0.25) is 0 Å². The number of nitrogens with zero attached hydrogens (tertiary/aromatic N) is 2. The van der Waals surface area contributed by atoms with Crippen LogP contribution in [0.2, 0.25) is 0 Å². The summed E-state index contributed by atoms with van der Waals surface area (Å²) in [6.07, 6.45) is 5.33. The number of nitrogens with one attached hydrogen (secondary N) is 1. The van der Waals surface area contributed by atoms with Gasteiger partial charge in [-0.15, -0.1) is 0 Å². The van der Waals surface area contributed by atoms with Crippen molar-refractivity contribution in [3.05, 3.63) is 49.1 Å². The van der Waals surface area contributed by atoms with Gasteiger partial charge in [0.1, 0.15) is 6.33 Å². The van der Waals surface area contributed by atoms with Crippen molar-refractivity contribution in [1.82, 2.24) is 15.0 Å². The molecule has 0 atom stereocenters. The third-order valence-electron chi connectivity index (χ3n) is 2.42. The number of H-pyrrole nitrogens is 1. The van der Waals surface area contributed by atoms with Crippen LogP contribution in [0.1, 0.15) is 0 Å². The molecule has 0 fully saturated rings. The Bertz CT molecular complexity index is 589. The molecule has 0 aliphatic heterocycles. The monoisotopic (exact) mass is 213 g/mol. The summed E-state index contributed by atoms with van der Waals surface area (Å²) in [7, 11) is 0. The average Bonchev–Trinajstić information content (AvgIpc) is 2.74. The molecule has 1 aromatic carbocycles. The molecule has 0 amide bonds. The summed E-state index contributed by atoms with van der Waals surface area (Å²) in [5, 5.41) is 0. The van der Waals surface area contributed by atoms with Gasteiger partial charge in [0.05, 0.1) is 17.2 Å². The summed E-state index contributed by atoms with van der Waals surface area (Å²) in [5.41, 5.74) is 4.23. The van der Waals surface area contributed by atoms with Crippen molar-refractivity contribution in [3.63, 3.8) is 0 Å². The van der Waals surface area contributed by atoms with Crippen LogP contribution in [0.25, 0.3) is 22.2 Å². The summed E-state index contributed by atoms with van der Waals surface area (Å²) < 4.78 is 0. The van der Waals surface area contributed by atoms with E-state index in [2.05, 4.69) is 27.1 Å². The van der Waals surface area contributed by atoms with Gasteiger partial charge >= 0.3 is 0 Å². The summed E-state index contributed by atoms with van der Waals surface area (Å²) in [5.74, 6) is 0. The van der Waals surface area contributed by atoms with E-state index >= 15 is 0 Å². The molecule has 0 radical (unpaired) electrons. The predicted octanol–water partition coefficient (Wildman–Crippen LogP) is 1.80. The normalized spacial score (nSPS) is 10.0. The highest BCUT2D eigenvalue weighted by atomic mass is 16.0. The van der Waals surface area contributed by atoms with E-state index in [9.17, 15) is 0 Å². The number of fused-ring (bicyclic) bond motifs is 1. The summed E-state index contributed by atoms with van der Waals surface area (Å²) in [6.45, 7) is 0. The Morgan fingerprint density at radius 2 is 1.88 bits per heavy atom. The molecule has 0 saturated heterocycles. The standard InChI is InChI=1S/C12H9N3.H2O/c1-2-4-9(5-3-1)10-6-14-11-7-13-8-15-12(10)11;/h1-8,14H;1H2. The van der Waals surface area contributed by atoms with E-state index in [-0.39, 0.29) is 5.48 Å². The maximum Gasteiger partial charge on any atom is 0.116 e. The molecular formula is C12H11N3O. The Balaban J connectivity index is 0.000000963. The molecule has 0 bridgehead atoms. The minimum absolute atomic E-state index is 0. The minimum atomic E-state index is 0. The fourth-order valence-electron chi connectivity index (χ4n) is 1.71. The lowest BCUT2D eigenvalue weighted by atomic mass is 10.1. The van der Waals surface area contributed by atoms with Gasteiger partial charge in [-0.3, -0.25) is 0 Å². The van der Waals surface area contributed by atoms with Crippen LogP contribution in [0.5, 0.6) is 0 Å². The minimum Gasteiger partial charge on any atom is -0.412 e. The highest BCUT2D eigenvalue weighted by Gasteiger charge is 2.05. The smallest absolute Gasteiger partial charge is 0.116 e. The van der Waals surface area contributed by atoms with E-state index in [1.807, 2.05) is 24.4 Å². The molecule has 0 aliphatic rings. The first-order chi connectivity index (χ1) is 7.45. The van der Waals surface area contributed by atoms with E-state index in [1.54, 1.807) is 12.5 Å². The van der Waals surface area contributed by atoms with Gasteiger partial charge in [-0.2, -0.15) is 0 Å². The molecule has 4 heteroatoms. The van der Waals surface area contributed by atoms with Crippen LogP contribution in [-0.2, 0) is 0 Å². The Hall–Kier alpha value is -2.20. The molecule has 4 nitrogen and oxygen atoms in total. The van der Waals surface area contributed by atoms with Gasteiger partial charge in [-0.1, -0.05) is 30.3 Å². The van der Waals surface area contributed by atoms with Crippen LogP contribution in [0.4, 0.5) is 0 Å². The summed E-state index contributed by atoms with van der Waals surface area (Å²) in [6, 6.07) is 10.2. The summed E-state index contributed by atoms with van der Waals surface area (Å²) >= 11 is 0. The van der Waals surface area contributed by atoms with E-state index < -0.39 is 0 Å². The lowest BCUT2D eigenvalue weighted by Crippen LogP contribution is -1.79. The highest BCUT2D eigenvalue weighted by molar-refractivity contribution is 5.91. The third-order valence-corrected chi connectivity index (χ3v) is 2.42. The van der Waals surface area contributed by atoms with E-state index in [4.69, 9.17) is 0 Å². The molecule has 3 rings (SSSR count). The molecule has 0 aliphatic carbocycles. The van der Waals surface area contributed by atoms with Gasteiger partial charge in [0.15, 0.2) is 0 Å². The third kappa shape index (κ3) is 1.55. The van der Waals surface area contributed by atoms with Crippen molar-refractivity contribution in [2.75, 3.05) is 0 Å². The quantitative estimate of drug-likeness (QED) is 0.669. The Morgan fingerprint density at radius 1 is 1.06 bits per heavy atom. The lowest BCUT2D eigenvalue weighted by molar-refractivity contribution is 0.824. The van der Waals surface area contributed by atoms with Crippen molar-refractivity contribution in [2.24, 2.45) is 0 Å². The number of benzene rings is 1. The van der Waals surface area contributed by atoms with E-state index in [1.165, 1.54) is 5.56 Å². The van der Waals surface area contributed by atoms with Gasteiger partial charge in [0, 0.05) is 11.8 Å². The van der Waals surface area contributed by atoms with Crippen LogP contribution >= 0.6 is 0 Å². The maximum absolute atomic E-state index is 4.28. The van der Waals surface area contributed by atoms with Crippen LogP contribution in [0, 0.1) is 0 Å². The molecule has 16 heavy (non-hydrogen) atoms. The van der Waals surface area contributed by atoms with Crippen molar-refractivity contribution < 1.29 is 5.48 Å². The molecule has 0 saturated carbocycles. The lowest BCUT2D eigenvalue weighted by Gasteiger charge is -1.96. The number of rotatable bonds is 1. The molecule has 3 N–H and O–H groups in total. The number of aromatic nitrogens is 3. The van der Waals surface area contributed by atoms with Crippen LogP contribution < -0.4 is 0 Å². The van der Waals surface area contributed by atoms with Crippen molar-refractivity contribution >= 4 is 11.0 Å².